The van der Waals surface area contributed by atoms with Gasteiger partial charge < -0.3 is 24.6 Å². The lowest BCUT2D eigenvalue weighted by Crippen LogP contribution is -2.44. The molecule has 2 aliphatic heterocycles. The third kappa shape index (κ3) is 5.13. The maximum absolute atomic E-state index is 13.8. The number of nitrogens with zero attached hydrogens (tertiary/aromatic N) is 6. The fraction of sp³-hybridized carbons (Fsp3) is 0.267. The van der Waals surface area contributed by atoms with Crippen LogP contribution in [-0.4, -0.2) is 64.5 Å². The molecule has 0 saturated carbocycles. The minimum absolute atomic E-state index is 0.114. The second kappa shape index (κ2) is 10.7. The van der Waals surface area contributed by atoms with Gasteiger partial charge in [0.25, 0.3) is 11.8 Å². The highest BCUT2D eigenvalue weighted by molar-refractivity contribution is 6.06. The van der Waals surface area contributed by atoms with E-state index < -0.39 is 0 Å². The van der Waals surface area contributed by atoms with Gasteiger partial charge in [0.15, 0.2) is 0 Å². The molecule has 9 heteroatoms. The van der Waals surface area contributed by atoms with Crippen LogP contribution in [0.5, 0.6) is 0 Å². The van der Waals surface area contributed by atoms with Crippen molar-refractivity contribution in [2.75, 3.05) is 43.0 Å². The molecule has 9 nitrogen and oxygen atoms in total. The molecule has 1 fully saturated rings. The minimum atomic E-state index is -0.161. The van der Waals surface area contributed by atoms with E-state index in [2.05, 4.69) is 32.1 Å². The van der Waals surface area contributed by atoms with Crippen LogP contribution in [0.3, 0.4) is 0 Å². The first-order valence-electron chi connectivity index (χ1n) is 13.2. The zero-order valence-corrected chi connectivity index (χ0v) is 22.0. The van der Waals surface area contributed by atoms with Gasteiger partial charge in [-0.3, -0.25) is 14.6 Å². The number of benzene rings is 1. The monoisotopic (exact) mass is 521 g/mol. The quantitative estimate of drug-likeness (QED) is 0.434. The summed E-state index contributed by atoms with van der Waals surface area (Å²) in [6, 6.07) is 19.2. The summed E-state index contributed by atoms with van der Waals surface area (Å²) >= 11 is 0. The number of hydrogen-bond donors (Lipinski definition) is 1. The topological polar surface area (TPSA) is 86.6 Å². The number of rotatable bonds is 5. The van der Waals surface area contributed by atoms with Gasteiger partial charge in [-0.05, 0) is 54.6 Å². The Morgan fingerprint density at radius 1 is 0.897 bits per heavy atom. The molecule has 2 aliphatic rings. The molecule has 6 rings (SSSR count). The van der Waals surface area contributed by atoms with Gasteiger partial charge in [-0.1, -0.05) is 24.3 Å². The van der Waals surface area contributed by atoms with Gasteiger partial charge in [0.1, 0.15) is 11.5 Å². The highest BCUT2D eigenvalue weighted by Gasteiger charge is 2.27. The van der Waals surface area contributed by atoms with Gasteiger partial charge in [0.05, 0.1) is 18.7 Å². The average molecular weight is 522 g/mol. The number of likely N-dealkylation sites (N-methyl/N-ethyl adjacent to an activating group) is 1. The van der Waals surface area contributed by atoms with Crippen molar-refractivity contribution >= 4 is 23.3 Å². The highest BCUT2D eigenvalue weighted by atomic mass is 16.2. The van der Waals surface area contributed by atoms with Crippen LogP contribution in [0.25, 0.3) is 0 Å². The molecule has 0 radical (unpaired) electrons. The Balaban J connectivity index is 1.24. The van der Waals surface area contributed by atoms with Crippen molar-refractivity contribution in [2.45, 2.75) is 19.6 Å². The number of pyridine rings is 2. The van der Waals surface area contributed by atoms with Crippen LogP contribution in [0.1, 0.15) is 37.7 Å². The van der Waals surface area contributed by atoms with E-state index in [1.165, 1.54) is 0 Å². The number of carbonyl (C=O) groups is 2. The molecule has 4 aromatic rings. The molecule has 0 spiro atoms. The van der Waals surface area contributed by atoms with Gasteiger partial charge in [0.2, 0.25) is 0 Å². The fourth-order valence-electron chi connectivity index (χ4n) is 5.21. The first-order valence-corrected chi connectivity index (χ1v) is 13.2. The molecular weight excluding hydrogens is 490 g/mol. The first kappa shape index (κ1) is 24.8. The second-order valence-corrected chi connectivity index (χ2v) is 10.1. The third-order valence-electron chi connectivity index (χ3n) is 7.48. The van der Waals surface area contributed by atoms with Crippen LogP contribution < -0.4 is 15.1 Å². The number of aromatic nitrogens is 3. The Morgan fingerprint density at radius 3 is 2.51 bits per heavy atom. The summed E-state index contributed by atoms with van der Waals surface area (Å²) in [5, 5.41) is 3.00. The van der Waals surface area contributed by atoms with Crippen molar-refractivity contribution in [2.24, 2.45) is 0 Å². The number of para-hydroxylation sites is 1. The Bertz CT molecular complexity index is 1470. The zero-order valence-electron chi connectivity index (χ0n) is 22.0. The standard InChI is InChI=1S/C30H31N7O2/c1-34-13-15-35(16-14-34)28-11-8-23(19-32-28)30(39)37-21-25-9-10-27(29(38)33-18-22-5-4-12-31-17-22)36(25)20-24-6-2-3-7-26(24)37/h2-12,17,19H,13-16,18,20-21H2,1H3,(H,33,38). The van der Waals surface area contributed by atoms with Crippen LogP contribution in [0.2, 0.25) is 0 Å². The zero-order chi connectivity index (χ0) is 26.8. The average Bonchev–Trinajstić information content (AvgIpc) is 3.29. The smallest absolute Gasteiger partial charge is 0.268 e. The lowest BCUT2D eigenvalue weighted by molar-refractivity contribution is 0.0941. The van der Waals surface area contributed by atoms with Crippen LogP contribution in [0.15, 0.2) is 79.3 Å². The normalized spacial score (nSPS) is 15.3. The van der Waals surface area contributed by atoms with Gasteiger partial charge in [-0.15, -0.1) is 0 Å². The third-order valence-corrected chi connectivity index (χ3v) is 7.48. The van der Waals surface area contributed by atoms with E-state index in [4.69, 9.17) is 0 Å². The van der Waals surface area contributed by atoms with Crippen LogP contribution in [0, 0.1) is 0 Å². The summed E-state index contributed by atoms with van der Waals surface area (Å²) < 4.78 is 2.00. The van der Waals surface area contributed by atoms with E-state index in [-0.39, 0.29) is 11.8 Å². The summed E-state index contributed by atoms with van der Waals surface area (Å²) in [7, 11) is 2.12. The predicted molar refractivity (Wildman–Crippen MR) is 150 cm³/mol. The minimum Gasteiger partial charge on any atom is -0.354 e. The van der Waals surface area contributed by atoms with E-state index >= 15 is 0 Å². The molecule has 1 saturated heterocycles. The first-order chi connectivity index (χ1) is 19.1. The van der Waals surface area contributed by atoms with E-state index in [0.717, 1.165) is 54.5 Å². The molecule has 5 heterocycles. The maximum Gasteiger partial charge on any atom is 0.268 e. The largest absolute Gasteiger partial charge is 0.354 e. The number of fused-ring (bicyclic) bond motifs is 2. The lowest BCUT2D eigenvalue weighted by Gasteiger charge is -2.33. The molecular formula is C30H31N7O2. The SMILES string of the molecule is CN1CCN(c2ccc(C(=O)N3Cc4ccc(C(=O)NCc5cccnc5)n4Cc4ccccc43)cn2)CC1. The number of amides is 2. The number of piperazine rings is 1. The molecule has 0 aliphatic carbocycles. The number of nitrogens with one attached hydrogen (secondary N) is 1. The molecule has 198 valence electrons. The number of carbonyl (C=O) groups excluding carboxylic acids is 2. The van der Waals surface area contributed by atoms with Gasteiger partial charge in [0, 0.05) is 62.7 Å². The molecule has 1 aromatic carbocycles. The van der Waals surface area contributed by atoms with E-state index in [1.807, 2.05) is 65.2 Å². The fourth-order valence-corrected chi connectivity index (χ4v) is 5.21. The van der Waals surface area contributed by atoms with Crippen molar-refractivity contribution in [1.82, 2.24) is 24.8 Å². The Labute approximate surface area is 227 Å². The molecule has 0 atom stereocenters. The molecule has 39 heavy (non-hydrogen) atoms. The second-order valence-electron chi connectivity index (χ2n) is 10.1. The van der Waals surface area contributed by atoms with Crippen LogP contribution in [-0.2, 0) is 19.6 Å². The number of anilines is 2. The van der Waals surface area contributed by atoms with Crippen molar-refractivity contribution < 1.29 is 9.59 Å². The van der Waals surface area contributed by atoms with Crippen molar-refractivity contribution in [3.63, 3.8) is 0 Å². The summed E-state index contributed by atoms with van der Waals surface area (Å²) in [5.41, 5.74) is 4.75. The molecule has 2 amide bonds. The molecule has 0 bridgehead atoms. The molecule has 0 unspecified atom stereocenters. The lowest BCUT2D eigenvalue weighted by atomic mass is 10.1. The Kier molecular flexibility index (Phi) is 6.81. The van der Waals surface area contributed by atoms with Crippen molar-refractivity contribution in [3.8, 4) is 0 Å². The van der Waals surface area contributed by atoms with Gasteiger partial charge in [-0.25, -0.2) is 4.98 Å². The maximum atomic E-state index is 13.8. The summed E-state index contributed by atoms with van der Waals surface area (Å²) in [4.78, 5) is 42.1. The van der Waals surface area contributed by atoms with Crippen molar-refractivity contribution in [1.29, 1.82) is 0 Å². The van der Waals surface area contributed by atoms with E-state index in [1.54, 1.807) is 23.5 Å². The Morgan fingerprint density at radius 2 is 1.74 bits per heavy atom. The molecule has 1 N–H and O–H groups in total. The van der Waals surface area contributed by atoms with Gasteiger partial charge in [-0.2, -0.15) is 0 Å². The molecule has 3 aromatic heterocycles. The highest BCUT2D eigenvalue weighted by Crippen LogP contribution is 2.30. The van der Waals surface area contributed by atoms with Gasteiger partial charge >= 0.3 is 0 Å². The summed E-state index contributed by atoms with van der Waals surface area (Å²) in [5.74, 6) is 0.620. The Hall–Kier alpha value is -4.50. The van der Waals surface area contributed by atoms with Crippen LogP contribution >= 0.6 is 0 Å². The number of hydrogen-bond acceptors (Lipinski definition) is 6. The summed E-state index contributed by atoms with van der Waals surface area (Å²) in [6.07, 6.45) is 5.13. The van der Waals surface area contributed by atoms with Crippen molar-refractivity contribution in [3.05, 3.63) is 107 Å². The van der Waals surface area contributed by atoms with E-state index in [9.17, 15) is 9.59 Å². The predicted octanol–water partition coefficient (Wildman–Crippen LogP) is 3.17. The van der Waals surface area contributed by atoms with Crippen LogP contribution in [0.4, 0.5) is 11.5 Å². The van der Waals surface area contributed by atoms with E-state index in [0.29, 0.717) is 30.9 Å². The summed E-state index contributed by atoms with van der Waals surface area (Å²) in [6.45, 7) is 5.08.